The predicted molar refractivity (Wildman–Crippen MR) is 73.8 cm³/mol. The number of aromatic nitrogens is 3. The molecule has 9 heteroatoms. The van der Waals surface area contributed by atoms with E-state index in [9.17, 15) is 15.2 Å². The van der Waals surface area contributed by atoms with Gasteiger partial charge in [0, 0.05) is 10.1 Å². The van der Waals surface area contributed by atoms with Gasteiger partial charge in [-0.25, -0.2) is 0 Å². The van der Waals surface area contributed by atoms with E-state index in [0.29, 0.717) is 11.6 Å². The van der Waals surface area contributed by atoms with Gasteiger partial charge in [-0.2, -0.15) is 4.68 Å². The topological polar surface area (TPSA) is 103 Å². The van der Waals surface area contributed by atoms with E-state index >= 15 is 0 Å². The summed E-state index contributed by atoms with van der Waals surface area (Å²) in [4.78, 5) is 13.2. The van der Waals surface area contributed by atoms with Crippen LogP contribution < -0.4 is 0 Å². The Morgan fingerprint density at radius 3 is 2.76 bits per heavy atom. The van der Waals surface area contributed by atoms with E-state index in [0.717, 1.165) is 5.56 Å². The lowest BCUT2D eigenvalue weighted by Gasteiger charge is -2.09. The molecule has 0 fully saturated rings. The zero-order valence-corrected chi connectivity index (χ0v) is 11.7. The first-order chi connectivity index (χ1) is 10.0. The maximum absolute atomic E-state index is 10.4. The summed E-state index contributed by atoms with van der Waals surface area (Å²) in [6.07, 6.45) is 0.360. The number of hydrogen-bond donors (Lipinski definition) is 1. The Kier molecular flexibility index (Phi) is 5.20. The molecule has 1 atom stereocenters. The molecule has 1 N–H and O–H groups in total. The van der Waals surface area contributed by atoms with Gasteiger partial charge in [0.15, 0.2) is 0 Å². The summed E-state index contributed by atoms with van der Waals surface area (Å²) >= 11 is 5.77. The van der Waals surface area contributed by atoms with Gasteiger partial charge in [0.25, 0.3) is 0 Å². The summed E-state index contributed by atoms with van der Waals surface area (Å²) < 4.78 is 6.56. The molecule has 0 aliphatic heterocycles. The smallest absolute Gasteiger partial charge is 0.390 e. The second kappa shape index (κ2) is 7.11. The maximum atomic E-state index is 10.4. The summed E-state index contributed by atoms with van der Waals surface area (Å²) in [5.74, 6) is -0.496. The minimum Gasteiger partial charge on any atom is -0.390 e. The predicted octanol–water partition coefficient (Wildman–Crippen LogP) is 1.42. The van der Waals surface area contributed by atoms with Gasteiger partial charge in [-0.05, 0) is 22.6 Å². The highest BCUT2D eigenvalue weighted by atomic mass is 35.5. The summed E-state index contributed by atoms with van der Waals surface area (Å²) in [5.41, 5.74) is 0.933. The van der Waals surface area contributed by atoms with Crippen LogP contribution in [0.2, 0.25) is 5.02 Å². The molecule has 21 heavy (non-hydrogen) atoms. The molecule has 0 spiro atoms. The lowest BCUT2D eigenvalue weighted by Crippen LogP contribution is -2.22. The van der Waals surface area contributed by atoms with Crippen LogP contribution >= 0.6 is 11.6 Å². The van der Waals surface area contributed by atoms with E-state index in [-0.39, 0.29) is 13.2 Å². The molecule has 0 aliphatic carbocycles. The normalized spacial score (nSPS) is 12.3. The van der Waals surface area contributed by atoms with Gasteiger partial charge in [0.1, 0.15) is 0 Å². The molecule has 0 bridgehead atoms. The third-order valence-electron chi connectivity index (χ3n) is 2.58. The lowest BCUT2D eigenvalue weighted by atomic mass is 10.2. The van der Waals surface area contributed by atoms with Crippen LogP contribution in [0.3, 0.4) is 0 Å². The number of hydrogen-bond acceptors (Lipinski definition) is 6. The van der Waals surface area contributed by atoms with Crippen LogP contribution in [-0.4, -0.2) is 37.5 Å². The fourth-order valence-corrected chi connectivity index (χ4v) is 1.74. The number of halogens is 1. The van der Waals surface area contributed by atoms with E-state index < -0.39 is 17.0 Å². The first-order valence-electron chi connectivity index (χ1n) is 6.08. The van der Waals surface area contributed by atoms with Crippen LogP contribution in [-0.2, 0) is 17.9 Å². The largest absolute Gasteiger partial charge is 0.490 e. The highest BCUT2D eigenvalue weighted by Gasteiger charge is 2.15. The van der Waals surface area contributed by atoms with Crippen molar-refractivity contribution in [2.24, 2.45) is 0 Å². The Balaban J connectivity index is 1.75. The number of nitro groups is 1. The molecule has 1 heterocycles. The number of rotatable bonds is 7. The molecule has 8 nitrogen and oxygen atoms in total. The highest BCUT2D eigenvalue weighted by molar-refractivity contribution is 6.30. The standard InChI is InChI=1S/C12H13ClN4O4/c13-10-3-1-9(2-4-10)6-21-7-11(18)5-16-8-14-12(15-16)17(19)20/h1-4,8,11,18H,5-7H2. The van der Waals surface area contributed by atoms with Crippen molar-refractivity contribution in [2.45, 2.75) is 19.3 Å². The van der Waals surface area contributed by atoms with E-state index in [1.54, 1.807) is 12.1 Å². The molecule has 1 aromatic carbocycles. The van der Waals surface area contributed by atoms with Crippen molar-refractivity contribution in [3.05, 3.63) is 51.3 Å². The number of benzene rings is 1. The fraction of sp³-hybridized carbons (Fsp3) is 0.333. The van der Waals surface area contributed by atoms with Crippen molar-refractivity contribution in [2.75, 3.05) is 6.61 Å². The molecule has 2 aromatic rings. The van der Waals surface area contributed by atoms with Crippen molar-refractivity contribution < 1.29 is 14.8 Å². The molecule has 2 rings (SSSR count). The second-order valence-electron chi connectivity index (χ2n) is 4.32. The summed E-state index contributed by atoms with van der Waals surface area (Å²) in [5, 5.41) is 24.4. The monoisotopic (exact) mass is 312 g/mol. The Morgan fingerprint density at radius 2 is 2.14 bits per heavy atom. The average Bonchev–Trinajstić information content (AvgIpc) is 2.90. The first kappa shape index (κ1) is 15.4. The van der Waals surface area contributed by atoms with E-state index in [4.69, 9.17) is 16.3 Å². The zero-order chi connectivity index (χ0) is 15.2. The van der Waals surface area contributed by atoms with Crippen molar-refractivity contribution in [1.29, 1.82) is 0 Å². The lowest BCUT2D eigenvalue weighted by molar-refractivity contribution is -0.394. The number of ether oxygens (including phenoxy) is 1. The van der Waals surface area contributed by atoms with Crippen LogP contribution in [0.25, 0.3) is 0 Å². The van der Waals surface area contributed by atoms with Gasteiger partial charge in [0.05, 0.1) is 25.9 Å². The van der Waals surface area contributed by atoms with Gasteiger partial charge in [-0.1, -0.05) is 28.7 Å². The Morgan fingerprint density at radius 1 is 1.43 bits per heavy atom. The maximum Gasteiger partial charge on any atom is 0.490 e. The van der Waals surface area contributed by atoms with Crippen LogP contribution in [0, 0.1) is 10.1 Å². The van der Waals surface area contributed by atoms with Crippen LogP contribution in [0.15, 0.2) is 30.6 Å². The molecule has 1 unspecified atom stereocenters. The fourth-order valence-electron chi connectivity index (χ4n) is 1.62. The Labute approximate surface area is 125 Å². The summed E-state index contributed by atoms with van der Waals surface area (Å²) in [6.45, 7) is 0.490. The number of aliphatic hydroxyl groups excluding tert-OH is 1. The molecule has 1 aromatic heterocycles. The molecule has 0 aliphatic rings. The molecule has 0 radical (unpaired) electrons. The van der Waals surface area contributed by atoms with Crippen LogP contribution in [0.1, 0.15) is 5.56 Å². The first-order valence-corrected chi connectivity index (χ1v) is 6.46. The average molecular weight is 313 g/mol. The minimum absolute atomic E-state index is 0.0709. The van der Waals surface area contributed by atoms with Gasteiger partial charge in [-0.15, -0.1) is 0 Å². The van der Waals surface area contributed by atoms with Crippen molar-refractivity contribution in [1.82, 2.24) is 14.8 Å². The quantitative estimate of drug-likeness (QED) is 0.612. The van der Waals surface area contributed by atoms with Crippen LogP contribution in [0.5, 0.6) is 0 Å². The van der Waals surface area contributed by atoms with Gasteiger partial charge in [0.2, 0.25) is 6.33 Å². The van der Waals surface area contributed by atoms with Gasteiger partial charge in [-0.3, -0.25) is 0 Å². The molecule has 0 saturated carbocycles. The molecule has 112 valence electrons. The van der Waals surface area contributed by atoms with Gasteiger partial charge >= 0.3 is 5.95 Å². The summed E-state index contributed by atoms with van der Waals surface area (Å²) in [6, 6.07) is 7.17. The minimum atomic E-state index is -0.835. The molecule has 0 saturated heterocycles. The van der Waals surface area contributed by atoms with E-state index in [1.807, 2.05) is 12.1 Å². The second-order valence-corrected chi connectivity index (χ2v) is 4.76. The van der Waals surface area contributed by atoms with Crippen molar-refractivity contribution in [3.63, 3.8) is 0 Å². The molecule has 0 amide bonds. The van der Waals surface area contributed by atoms with Crippen molar-refractivity contribution >= 4 is 17.5 Å². The van der Waals surface area contributed by atoms with Crippen molar-refractivity contribution in [3.8, 4) is 0 Å². The molecular weight excluding hydrogens is 300 g/mol. The molecular formula is C12H13ClN4O4. The highest BCUT2D eigenvalue weighted by Crippen LogP contribution is 2.10. The van der Waals surface area contributed by atoms with E-state index in [2.05, 4.69) is 10.1 Å². The van der Waals surface area contributed by atoms with E-state index in [1.165, 1.54) is 11.0 Å². The Hall–Kier alpha value is -2.03. The zero-order valence-electron chi connectivity index (χ0n) is 10.9. The number of nitrogens with zero attached hydrogens (tertiary/aromatic N) is 4. The SMILES string of the molecule is O=[N+]([O-])c1ncn(CC(O)COCc2ccc(Cl)cc2)n1. The summed E-state index contributed by atoms with van der Waals surface area (Å²) in [7, 11) is 0. The third-order valence-corrected chi connectivity index (χ3v) is 2.83. The number of aliphatic hydroxyl groups is 1. The Bertz CT molecular complexity index is 602. The van der Waals surface area contributed by atoms with Gasteiger partial charge < -0.3 is 20.0 Å². The third kappa shape index (κ3) is 4.78. The van der Waals surface area contributed by atoms with Crippen LogP contribution in [0.4, 0.5) is 5.95 Å².